The van der Waals surface area contributed by atoms with Gasteiger partial charge in [0.05, 0.1) is 11.8 Å². The molecule has 3 aromatic rings. The summed E-state index contributed by atoms with van der Waals surface area (Å²) in [5.74, 6) is -0.601. The van der Waals surface area contributed by atoms with E-state index in [0.29, 0.717) is 29.2 Å². The van der Waals surface area contributed by atoms with Crippen LogP contribution in [0.5, 0.6) is 5.88 Å². The number of hydrogen-bond donors (Lipinski definition) is 3. The van der Waals surface area contributed by atoms with E-state index < -0.39 is 18.0 Å². The molecule has 4 rings (SSSR count). The molecule has 1 aliphatic rings. The number of fused-ring (bicyclic) bond motifs is 2. The standard InChI is InChI=1S/C19H17FN4O3/c1-8-11(6-23-13-2-3-14(25)16(8)13)10-4-9-5-15(27-19(22)26)24-7-12(9)18(21)17(10)20/h4-7,14,25H,2-3,21H2,1H3,(H2,22,26). The number of rotatable bonds is 2. The first kappa shape index (κ1) is 17.2. The van der Waals surface area contributed by atoms with Crippen LogP contribution in [0, 0.1) is 12.7 Å². The van der Waals surface area contributed by atoms with Gasteiger partial charge in [-0.3, -0.25) is 4.98 Å². The maximum atomic E-state index is 15.0. The fourth-order valence-electron chi connectivity index (χ4n) is 3.63. The number of aromatic nitrogens is 2. The number of pyridine rings is 2. The van der Waals surface area contributed by atoms with Gasteiger partial charge >= 0.3 is 6.09 Å². The number of nitrogens with two attached hydrogens (primary N) is 2. The molecule has 0 fully saturated rings. The molecule has 2 aromatic heterocycles. The second kappa shape index (κ2) is 6.17. The lowest BCUT2D eigenvalue weighted by molar-refractivity contribution is 0.179. The minimum Gasteiger partial charge on any atom is -0.396 e. The van der Waals surface area contributed by atoms with E-state index in [2.05, 4.69) is 9.97 Å². The molecule has 1 aromatic carbocycles. The van der Waals surface area contributed by atoms with Crippen molar-refractivity contribution in [3.8, 4) is 17.0 Å². The van der Waals surface area contributed by atoms with Crippen molar-refractivity contribution < 1.29 is 19.0 Å². The summed E-state index contributed by atoms with van der Waals surface area (Å²) < 4.78 is 19.8. The van der Waals surface area contributed by atoms with Crippen LogP contribution in [0.15, 0.2) is 24.5 Å². The highest BCUT2D eigenvalue weighted by molar-refractivity contribution is 5.97. The van der Waals surface area contributed by atoms with E-state index in [-0.39, 0.29) is 17.1 Å². The second-order valence-corrected chi connectivity index (χ2v) is 6.53. The van der Waals surface area contributed by atoms with Gasteiger partial charge in [0.15, 0.2) is 5.82 Å². The van der Waals surface area contributed by atoms with Crippen LogP contribution in [0.3, 0.4) is 0 Å². The zero-order valence-electron chi connectivity index (χ0n) is 14.5. The fraction of sp³-hybridized carbons (Fsp3) is 0.211. The van der Waals surface area contributed by atoms with Crippen LogP contribution in [0.25, 0.3) is 21.9 Å². The van der Waals surface area contributed by atoms with E-state index in [1.54, 1.807) is 12.3 Å². The molecule has 1 amide bonds. The smallest absolute Gasteiger partial charge is 0.396 e. The zero-order chi connectivity index (χ0) is 19.3. The summed E-state index contributed by atoms with van der Waals surface area (Å²) in [6.07, 6.45) is 2.62. The third-order valence-corrected chi connectivity index (χ3v) is 4.93. The lowest BCUT2D eigenvalue weighted by Crippen LogP contribution is -2.16. The number of primary amides is 1. The van der Waals surface area contributed by atoms with Gasteiger partial charge in [-0.1, -0.05) is 0 Å². The summed E-state index contributed by atoms with van der Waals surface area (Å²) in [6.45, 7) is 1.83. The normalized spacial score (nSPS) is 15.7. The molecule has 7 nitrogen and oxygen atoms in total. The first-order chi connectivity index (χ1) is 12.9. The van der Waals surface area contributed by atoms with Crippen LogP contribution < -0.4 is 16.2 Å². The number of carbonyl (C=O) groups excluding carboxylic acids is 1. The Balaban J connectivity index is 1.93. The number of aliphatic hydroxyl groups excluding tert-OH is 1. The Hall–Kier alpha value is -3.26. The number of halogens is 1. The minimum absolute atomic E-state index is 0.00817. The molecule has 27 heavy (non-hydrogen) atoms. The Kier molecular flexibility index (Phi) is 3.92. The number of aliphatic hydroxyl groups is 1. The van der Waals surface area contributed by atoms with Crippen molar-refractivity contribution in [2.45, 2.75) is 25.9 Å². The average molecular weight is 368 g/mol. The Morgan fingerprint density at radius 1 is 1.30 bits per heavy atom. The van der Waals surface area contributed by atoms with Crippen LogP contribution in [0.4, 0.5) is 14.9 Å². The van der Waals surface area contributed by atoms with Crippen molar-refractivity contribution in [1.29, 1.82) is 0 Å². The molecule has 0 radical (unpaired) electrons. The van der Waals surface area contributed by atoms with E-state index in [1.165, 1.54) is 12.3 Å². The van der Waals surface area contributed by atoms with Crippen LogP contribution in [-0.4, -0.2) is 21.2 Å². The number of anilines is 1. The first-order valence-electron chi connectivity index (χ1n) is 8.38. The Morgan fingerprint density at radius 2 is 2.07 bits per heavy atom. The number of amides is 1. The number of ether oxygens (including phenoxy) is 1. The molecule has 0 bridgehead atoms. The molecule has 0 saturated carbocycles. The van der Waals surface area contributed by atoms with Gasteiger partial charge in [-0.05, 0) is 36.8 Å². The van der Waals surface area contributed by atoms with E-state index >= 15 is 4.39 Å². The summed E-state index contributed by atoms with van der Waals surface area (Å²) in [5, 5.41) is 11.1. The summed E-state index contributed by atoms with van der Waals surface area (Å²) in [5.41, 5.74) is 14.1. The maximum Gasteiger partial charge on any atom is 0.411 e. The monoisotopic (exact) mass is 368 g/mol. The van der Waals surface area contributed by atoms with Gasteiger partial charge in [-0.25, -0.2) is 14.2 Å². The molecule has 0 spiro atoms. The third-order valence-electron chi connectivity index (χ3n) is 4.93. The molecule has 5 N–H and O–H groups in total. The predicted octanol–water partition coefficient (Wildman–Crippen LogP) is 2.76. The summed E-state index contributed by atoms with van der Waals surface area (Å²) in [4.78, 5) is 19.2. The molecule has 8 heteroatoms. The lowest BCUT2D eigenvalue weighted by atomic mass is 9.94. The molecule has 1 unspecified atom stereocenters. The number of nitrogens with zero attached hydrogens (tertiary/aromatic N) is 2. The van der Waals surface area contributed by atoms with Crippen molar-refractivity contribution >= 4 is 22.6 Å². The molecule has 1 atom stereocenters. The zero-order valence-corrected chi connectivity index (χ0v) is 14.5. The van der Waals surface area contributed by atoms with Gasteiger partial charge in [-0.2, -0.15) is 0 Å². The average Bonchev–Trinajstić information content (AvgIpc) is 3.00. The predicted molar refractivity (Wildman–Crippen MR) is 97.6 cm³/mol. The Bertz CT molecular complexity index is 1100. The number of hydrogen-bond acceptors (Lipinski definition) is 6. The van der Waals surface area contributed by atoms with E-state index in [4.69, 9.17) is 16.2 Å². The highest BCUT2D eigenvalue weighted by Crippen LogP contribution is 2.40. The topological polar surface area (TPSA) is 124 Å². The van der Waals surface area contributed by atoms with E-state index in [9.17, 15) is 9.90 Å². The molecule has 0 aliphatic heterocycles. The highest BCUT2D eigenvalue weighted by Gasteiger charge is 2.26. The highest BCUT2D eigenvalue weighted by atomic mass is 19.1. The first-order valence-corrected chi connectivity index (χ1v) is 8.38. The van der Waals surface area contributed by atoms with Gasteiger partial charge in [0.2, 0.25) is 5.88 Å². The lowest BCUT2D eigenvalue weighted by Gasteiger charge is -2.15. The number of benzene rings is 1. The number of carbonyl (C=O) groups is 1. The number of nitrogen functional groups attached to an aromatic ring is 1. The molecule has 138 valence electrons. The minimum atomic E-state index is -0.996. The van der Waals surface area contributed by atoms with Gasteiger partial charge < -0.3 is 21.3 Å². The van der Waals surface area contributed by atoms with Crippen LogP contribution >= 0.6 is 0 Å². The van der Waals surface area contributed by atoms with Crippen molar-refractivity contribution in [3.05, 3.63) is 47.2 Å². The third kappa shape index (κ3) is 2.74. The second-order valence-electron chi connectivity index (χ2n) is 6.53. The molecule has 0 saturated heterocycles. The molecule has 2 heterocycles. The SMILES string of the molecule is Cc1c(-c2cc3cc(OC(N)=O)ncc3c(N)c2F)cnc2c1C(O)CC2. The summed E-state index contributed by atoms with van der Waals surface area (Å²) >= 11 is 0. The quantitative estimate of drug-likeness (QED) is 0.598. The van der Waals surface area contributed by atoms with E-state index in [1.807, 2.05) is 6.92 Å². The van der Waals surface area contributed by atoms with Gasteiger partial charge in [0.25, 0.3) is 0 Å². The number of aryl methyl sites for hydroxylation is 1. The van der Waals surface area contributed by atoms with E-state index in [0.717, 1.165) is 16.8 Å². The van der Waals surface area contributed by atoms with Crippen LogP contribution in [0.2, 0.25) is 0 Å². The van der Waals surface area contributed by atoms with Gasteiger partial charge in [-0.15, -0.1) is 0 Å². The molecular weight excluding hydrogens is 351 g/mol. The van der Waals surface area contributed by atoms with Crippen molar-refractivity contribution in [2.24, 2.45) is 5.73 Å². The van der Waals surface area contributed by atoms with Gasteiger partial charge in [0, 0.05) is 46.2 Å². The maximum absolute atomic E-state index is 15.0. The van der Waals surface area contributed by atoms with Gasteiger partial charge in [0.1, 0.15) is 0 Å². The fourth-order valence-corrected chi connectivity index (χ4v) is 3.63. The van der Waals surface area contributed by atoms with Crippen LogP contribution in [0.1, 0.15) is 29.3 Å². The van der Waals surface area contributed by atoms with Crippen molar-refractivity contribution in [3.63, 3.8) is 0 Å². The largest absolute Gasteiger partial charge is 0.411 e. The summed E-state index contributed by atoms with van der Waals surface area (Å²) in [7, 11) is 0. The molecule has 1 aliphatic carbocycles. The van der Waals surface area contributed by atoms with Crippen LogP contribution in [-0.2, 0) is 6.42 Å². The Morgan fingerprint density at radius 3 is 2.81 bits per heavy atom. The van der Waals surface area contributed by atoms with Crippen molar-refractivity contribution in [1.82, 2.24) is 9.97 Å². The molecular formula is C19H17FN4O3. The summed E-state index contributed by atoms with van der Waals surface area (Å²) in [6, 6.07) is 3.05. The van der Waals surface area contributed by atoms with Crippen molar-refractivity contribution in [2.75, 3.05) is 5.73 Å². The Labute approximate surface area is 153 Å².